The van der Waals surface area contributed by atoms with E-state index in [1.165, 1.54) is 31.3 Å². The molecule has 2 aliphatic heterocycles. The zero-order valence-electron chi connectivity index (χ0n) is 42.9. The molecule has 2 saturated carbocycles. The minimum Gasteiger partial charge on any atom is -0.456 e. The first-order valence-corrected chi connectivity index (χ1v) is 26.8. The number of carbonyl (C=O) groups excluding carboxylic acids is 4. The fraction of sp³-hybridized carbons (Fsp3) is 0.642. The average Bonchev–Trinajstić information content (AvgIpc) is 3.70. The van der Waals surface area contributed by atoms with Crippen LogP contribution in [0.2, 0.25) is 16.6 Å². The number of rotatable bonds is 15. The molecule has 2 bridgehead atoms. The van der Waals surface area contributed by atoms with E-state index in [0.717, 1.165) is 0 Å². The maximum atomic E-state index is 16.2. The van der Waals surface area contributed by atoms with E-state index in [1.54, 1.807) is 51.1 Å². The van der Waals surface area contributed by atoms with Crippen molar-refractivity contribution in [3.8, 4) is 0 Å². The number of alkyl carbamates (subject to hydrolysis) is 1. The summed E-state index contributed by atoms with van der Waals surface area (Å²) in [6.07, 6.45) is -5.78. The van der Waals surface area contributed by atoms with Gasteiger partial charge in [-0.2, -0.15) is 0 Å². The molecule has 3 heterocycles. The molecule has 0 spiro atoms. The highest BCUT2D eigenvalue weighted by Gasteiger charge is 2.77. The van der Waals surface area contributed by atoms with Gasteiger partial charge >= 0.3 is 24.0 Å². The van der Waals surface area contributed by atoms with Gasteiger partial charge in [-0.1, -0.05) is 87.1 Å². The van der Waals surface area contributed by atoms with Crippen LogP contribution < -0.4 is 5.32 Å². The summed E-state index contributed by atoms with van der Waals surface area (Å²) in [6.45, 7) is 28.2. The minimum absolute atomic E-state index is 0.0550. The largest absolute Gasteiger partial charge is 0.456 e. The van der Waals surface area contributed by atoms with Crippen LogP contribution in [0.1, 0.15) is 131 Å². The molecular weight excluding hydrogens is 920 g/mol. The van der Waals surface area contributed by atoms with Crippen molar-refractivity contribution in [2.75, 3.05) is 6.61 Å². The van der Waals surface area contributed by atoms with Crippen LogP contribution in [0.4, 0.5) is 9.18 Å². The number of hydrogen-bond donors (Lipinski definition) is 2. The van der Waals surface area contributed by atoms with Crippen molar-refractivity contribution >= 4 is 32.3 Å². The van der Waals surface area contributed by atoms with Gasteiger partial charge in [0.2, 0.25) is 8.32 Å². The number of amides is 1. The normalized spacial score (nSPS) is 32.1. The number of ether oxygens (including phenoxy) is 7. The van der Waals surface area contributed by atoms with Gasteiger partial charge in [0.05, 0.1) is 30.3 Å². The van der Waals surface area contributed by atoms with E-state index in [0.29, 0.717) is 24.0 Å². The van der Waals surface area contributed by atoms with Crippen molar-refractivity contribution in [3.05, 3.63) is 89.5 Å². The van der Waals surface area contributed by atoms with Gasteiger partial charge in [0.25, 0.3) is 0 Å². The highest BCUT2D eigenvalue weighted by atomic mass is 28.4. The van der Waals surface area contributed by atoms with E-state index in [4.69, 9.17) is 37.6 Å². The van der Waals surface area contributed by atoms with Gasteiger partial charge in [0.1, 0.15) is 47.6 Å². The van der Waals surface area contributed by atoms with Gasteiger partial charge in [0.15, 0.2) is 18.0 Å². The van der Waals surface area contributed by atoms with Crippen LogP contribution in [0, 0.1) is 22.6 Å². The highest BCUT2D eigenvalue weighted by molar-refractivity contribution is 6.77. The Morgan fingerprint density at radius 3 is 2.17 bits per heavy atom. The Hall–Kier alpha value is -4.52. The molecule has 2 saturated heterocycles. The summed E-state index contributed by atoms with van der Waals surface area (Å²) in [4.78, 5) is 61.6. The number of pyridine rings is 1. The number of nitrogens with one attached hydrogen (secondary N) is 1. The third-order valence-corrected chi connectivity index (χ3v) is 22.3. The number of aromatic nitrogens is 1. The predicted octanol–water partition coefficient (Wildman–Crippen LogP) is 9.00. The van der Waals surface area contributed by atoms with Crippen LogP contribution in [0.15, 0.2) is 72.5 Å². The van der Waals surface area contributed by atoms with Crippen molar-refractivity contribution in [2.24, 2.45) is 16.7 Å². The lowest BCUT2D eigenvalue weighted by atomic mass is 9.45. The first-order chi connectivity index (χ1) is 32.8. The highest BCUT2D eigenvalue weighted by Crippen LogP contribution is 2.67. The molecule has 0 unspecified atom stereocenters. The Balaban J connectivity index is 1.45. The van der Waals surface area contributed by atoms with E-state index in [1.807, 2.05) is 62.3 Å². The molecule has 70 heavy (non-hydrogen) atoms. The molecule has 4 fully saturated rings. The molecule has 17 heteroatoms. The van der Waals surface area contributed by atoms with Gasteiger partial charge in [-0.3, -0.25) is 9.78 Å². The summed E-state index contributed by atoms with van der Waals surface area (Å²) in [6, 6.07) is 9.41. The molecule has 1 amide bonds. The van der Waals surface area contributed by atoms with Gasteiger partial charge < -0.3 is 48.0 Å². The summed E-state index contributed by atoms with van der Waals surface area (Å²) in [7, 11) is -3.12. The Bertz CT molecular complexity index is 2320. The molecule has 1 aromatic carbocycles. The Morgan fingerprint density at radius 1 is 0.957 bits per heavy atom. The summed E-state index contributed by atoms with van der Waals surface area (Å²) in [5, 5.41) is 16.9. The third kappa shape index (κ3) is 8.94. The van der Waals surface area contributed by atoms with Crippen molar-refractivity contribution in [1.82, 2.24) is 10.3 Å². The van der Waals surface area contributed by atoms with Crippen LogP contribution in [-0.2, 0) is 47.2 Å². The molecule has 0 radical (unpaired) electrons. The number of fused-ring (bicyclic) bond motifs is 8. The van der Waals surface area contributed by atoms with Crippen molar-refractivity contribution in [2.45, 2.75) is 192 Å². The summed E-state index contributed by atoms with van der Waals surface area (Å²) >= 11 is 0. The van der Waals surface area contributed by atoms with E-state index in [-0.39, 0.29) is 40.9 Å². The van der Waals surface area contributed by atoms with Crippen LogP contribution in [0.25, 0.3) is 0 Å². The molecule has 7 rings (SSSR count). The van der Waals surface area contributed by atoms with E-state index in [2.05, 4.69) is 16.9 Å². The monoisotopic (exact) mass is 992 g/mol. The second-order valence-electron chi connectivity index (χ2n) is 21.9. The number of hydrogen-bond acceptors (Lipinski definition) is 14. The molecule has 1 aromatic heterocycles. The van der Waals surface area contributed by atoms with Crippen molar-refractivity contribution < 1.29 is 66.3 Å². The fourth-order valence-electron chi connectivity index (χ4n) is 13.1. The lowest BCUT2D eigenvalue weighted by Gasteiger charge is -2.68. The topological polar surface area (TPSA) is 187 Å². The van der Waals surface area contributed by atoms with Gasteiger partial charge in [-0.15, -0.1) is 0 Å². The minimum atomic E-state index is -3.12. The number of carbonyl (C=O) groups is 4. The number of benzene rings is 1. The molecular formula is C53H73FN2O13Si. The molecule has 2 aromatic rings. The number of nitrogens with zero attached hydrogens (tertiary/aromatic N) is 1. The number of aliphatic hydroxyl groups is 1. The SMILES string of the molecule is C=C[C@@H]1O[C@@H]2C3=C(C)[C@@H](OC(=O)[C@H](O[Si](C(C)C)(C(C)C)C(C)C)[C@@H](NC(=O)OC(C)C)c4ncccc4F)C[C@@](O)([C@@H](OC(=O)c4ccccc4)[C@H]4[C@@](C)(CC[C@H]5OC[C@]54OC(C)=O)[C@@H]2O1)C3(C)C. The second-order valence-corrected chi connectivity index (χ2v) is 27.3. The van der Waals surface area contributed by atoms with Gasteiger partial charge in [-0.05, 0) is 91.7 Å². The Morgan fingerprint density at radius 2 is 1.61 bits per heavy atom. The first kappa shape index (κ1) is 53.3. The predicted molar refractivity (Wildman–Crippen MR) is 258 cm³/mol. The maximum Gasteiger partial charge on any atom is 0.408 e. The lowest BCUT2D eigenvalue weighted by Crippen LogP contribution is -2.79. The summed E-state index contributed by atoms with van der Waals surface area (Å²) in [5.74, 6) is -4.10. The Labute approximate surface area is 412 Å². The van der Waals surface area contributed by atoms with E-state index < -0.39 is 121 Å². The smallest absolute Gasteiger partial charge is 0.408 e. The van der Waals surface area contributed by atoms with Crippen LogP contribution in [-0.4, -0.2) is 109 Å². The standard InChI is InChI=1S/C53H73FN2O13Si/c1-15-38-65-42-39-32(10)36(64-48(59)43(69-70(29(4)5,30(6)7)31(8)9)41(56-49(60)63-28(2)3)40-35(54)22-19-25-55-40)26-53(61,50(39,12)13)46(67-47(58)34-20-17-16-18-21-34)44-51(14,45(42)66-38)24-23-37-52(44,27-62-37)68-33(11)57/h15-22,25,28-31,36-38,41-46,61H,1,23-24,26-27H2,2-14H3,(H,56,60)/t36-,37+,38+,41-,42+,43+,44-,45+,46-,51+,52-,53+/m0/s1. The van der Waals surface area contributed by atoms with Crippen LogP contribution in [0.3, 0.4) is 0 Å². The molecule has 3 aliphatic carbocycles. The van der Waals surface area contributed by atoms with E-state index >= 15 is 9.18 Å². The fourth-order valence-corrected chi connectivity index (χ4v) is 18.6. The average molecular weight is 993 g/mol. The van der Waals surface area contributed by atoms with Crippen molar-refractivity contribution in [1.29, 1.82) is 0 Å². The Kier molecular flexibility index (Phi) is 15.1. The molecule has 15 nitrogen and oxygen atoms in total. The summed E-state index contributed by atoms with van der Waals surface area (Å²) in [5.41, 5.74) is -5.14. The van der Waals surface area contributed by atoms with Crippen LogP contribution in [0.5, 0.6) is 0 Å². The number of esters is 3. The van der Waals surface area contributed by atoms with Crippen molar-refractivity contribution in [3.63, 3.8) is 0 Å². The molecule has 5 aliphatic rings. The first-order valence-electron chi connectivity index (χ1n) is 24.7. The zero-order chi connectivity index (χ0) is 51.5. The number of halogens is 1. The van der Waals surface area contributed by atoms with Crippen LogP contribution >= 0.6 is 0 Å². The molecule has 384 valence electrons. The van der Waals surface area contributed by atoms with E-state index in [9.17, 15) is 19.5 Å². The third-order valence-electron chi connectivity index (χ3n) is 16.2. The lowest BCUT2D eigenvalue weighted by molar-refractivity contribution is -0.345. The summed E-state index contributed by atoms with van der Waals surface area (Å²) < 4.78 is 68.6. The quantitative estimate of drug-likeness (QED) is 0.0745. The maximum absolute atomic E-state index is 16.2. The van der Waals surface area contributed by atoms with Gasteiger partial charge in [-0.25, -0.2) is 18.8 Å². The second kappa shape index (κ2) is 19.8. The zero-order valence-corrected chi connectivity index (χ0v) is 43.9. The molecule has 12 atom stereocenters. The van der Waals surface area contributed by atoms with Gasteiger partial charge in [0, 0.05) is 30.4 Å². The molecule has 2 N–H and O–H groups in total.